The van der Waals surface area contributed by atoms with Crippen molar-refractivity contribution in [1.82, 2.24) is 24.9 Å². The van der Waals surface area contributed by atoms with Crippen LogP contribution in [0.15, 0.2) is 6.20 Å². The highest BCUT2D eigenvalue weighted by molar-refractivity contribution is 5.96. The van der Waals surface area contributed by atoms with Crippen LogP contribution in [0.25, 0.3) is 0 Å². The van der Waals surface area contributed by atoms with Gasteiger partial charge in [0.05, 0.1) is 7.11 Å². The van der Waals surface area contributed by atoms with Crippen LogP contribution >= 0.6 is 0 Å². The summed E-state index contributed by atoms with van der Waals surface area (Å²) in [5, 5.41) is 7.46. The van der Waals surface area contributed by atoms with E-state index < -0.39 is 0 Å². The Balaban J connectivity index is 1.08. The van der Waals surface area contributed by atoms with Gasteiger partial charge >= 0.3 is 0 Å². The first-order valence-electron chi connectivity index (χ1n) is 11.8. The fraction of sp³-hybridized carbons (Fsp3) is 0.783. The molecule has 4 saturated carbocycles. The standard InChI is InChI=1S/C23H35N5O3/c1-26-15-19(20(25-26)31-2)21(29)28-7-5-27(6-8-28)4-3-24-22(30)23-12-16-9-17(13-23)11-18(10-16)14-23/h15-18H,3-14H2,1-2H3,(H,24,30). The molecule has 170 valence electrons. The number of aromatic nitrogens is 2. The van der Waals surface area contributed by atoms with Gasteiger partial charge in [0, 0.05) is 57.9 Å². The monoisotopic (exact) mass is 429 g/mol. The predicted octanol–water partition coefficient (Wildman–Crippen LogP) is 1.52. The molecule has 0 spiro atoms. The average Bonchev–Trinajstić information content (AvgIpc) is 3.13. The molecule has 2 amide bonds. The van der Waals surface area contributed by atoms with Crippen LogP contribution in [0.3, 0.4) is 0 Å². The number of hydrogen-bond donors (Lipinski definition) is 1. The van der Waals surface area contributed by atoms with Crippen LogP contribution in [-0.2, 0) is 11.8 Å². The smallest absolute Gasteiger partial charge is 0.261 e. The maximum absolute atomic E-state index is 13.1. The van der Waals surface area contributed by atoms with E-state index in [0.717, 1.165) is 56.7 Å². The fourth-order valence-corrected chi connectivity index (χ4v) is 7.01. The Morgan fingerprint density at radius 2 is 1.71 bits per heavy atom. The van der Waals surface area contributed by atoms with Gasteiger partial charge in [0.1, 0.15) is 5.56 Å². The molecule has 0 unspecified atom stereocenters. The molecule has 1 aromatic heterocycles. The number of carbonyl (C=O) groups is 2. The normalized spacial score (nSPS) is 32.3. The van der Waals surface area contributed by atoms with Crippen molar-refractivity contribution in [2.24, 2.45) is 30.2 Å². The number of aryl methyl sites for hydroxylation is 1. The lowest BCUT2D eigenvalue weighted by Crippen LogP contribution is -2.55. The van der Waals surface area contributed by atoms with E-state index in [4.69, 9.17) is 4.74 Å². The third-order valence-corrected chi connectivity index (χ3v) is 8.11. The number of hydrogen-bond acceptors (Lipinski definition) is 5. The second-order valence-electron chi connectivity index (χ2n) is 10.3. The van der Waals surface area contributed by atoms with E-state index in [-0.39, 0.29) is 11.3 Å². The maximum Gasteiger partial charge on any atom is 0.261 e. The summed E-state index contributed by atoms with van der Waals surface area (Å²) in [7, 11) is 3.32. The number of rotatable bonds is 6. The number of nitrogens with one attached hydrogen (secondary N) is 1. The van der Waals surface area contributed by atoms with Crippen LogP contribution in [0.4, 0.5) is 0 Å². The summed E-state index contributed by atoms with van der Waals surface area (Å²) in [4.78, 5) is 30.1. The van der Waals surface area contributed by atoms with E-state index in [1.165, 1.54) is 26.4 Å². The minimum Gasteiger partial charge on any atom is -0.479 e. The van der Waals surface area contributed by atoms with E-state index in [1.807, 2.05) is 4.90 Å². The van der Waals surface area contributed by atoms with Gasteiger partial charge in [0.15, 0.2) is 0 Å². The Kier molecular flexibility index (Phi) is 5.44. The van der Waals surface area contributed by atoms with Crippen LogP contribution in [0.1, 0.15) is 48.9 Å². The molecule has 2 heterocycles. The summed E-state index contributed by atoms with van der Waals surface area (Å²) >= 11 is 0. The van der Waals surface area contributed by atoms with Crippen molar-refractivity contribution in [2.45, 2.75) is 38.5 Å². The Labute approximate surface area is 184 Å². The summed E-state index contributed by atoms with van der Waals surface area (Å²) in [6.07, 6.45) is 9.14. The second-order valence-corrected chi connectivity index (χ2v) is 10.3. The Bertz CT molecular complexity index is 807. The van der Waals surface area contributed by atoms with E-state index >= 15 is 0 Å². The Morgan fingerprint density at radius 1 is 1.10 bits per heavy atom. The van der Waals surface area contributed by atoms with E-state index in [1.54, 1.807) is 17.9 Å². The van der Waals surface area contributed by atoms with Crippen molar-refractivity contribution in [3.05, 3.63) is 11.8 Å². The lowest BCUT2D eigenvalue weighted by Gasteiger charge is -2.55. The zero-order chi connectivity index (χ0) is 21.6. The molecule has 0 atom stereocenters. The SMILES string of the molecule is COc1nn(C)cc1C(=O)N1CCN(CCNC(=O)C23CC4CC(CC(C4)C2)C3)CC1. The second kappa shape index (κ2) is 8.11. The molecule has 1 aliphatic heterocycles. The van der Waals surface area contributed by atoms with Crippen molar-refractivity contribution in [3.63, 3.8) is 0 Å². The van der Waals surface area contributed by atoms with E-state index in [2.05, 4.69) is 15.3 Å². The van der Waals surface area contributed by atoms with E-state index in [9.17, 15) is 9.59 Å². The van der Waals surface area contributed by atoms with Crippen LogP contribution in [0, 0.1) is 23.2 Å². The summed E-state index contributed by atoms with van der Waals surface area (Å²) < 4.78 is 6.84. The van der Waals surface area contributed by atoms with Crippen molar-refractivity contribution in [3.8, 4) is 5.88 Å². The molecule has 1 aromatic rings. The first-order chi connectivity index (χ1) is 15.0. The third-order valence-electron chi connectivity index (χ3n) is 8.11. The zero-order valence-electron chi connectivity index (χ0n) is 18.8. The van der Waals surface area contributed by atoms with Gasteiger partial charge < -0.3 is 15.0 Å². The number of carbonyl (C=O) groups excluding carboxylic acids is 2. The molecule has 4 aliphatic carbocycles. The van der Waals surface area contributed by atoms with Gasteiger partial charge in [-0.2, -0.15) is 0 Å². The van der Waals surface area contributed by atoms with Crippen molar-refractivity contribution < 1.29 is 14.3 Å². The fourth-order valence-electron chi connectivity index (χ4n) is 7.01. The quantitative estimate of drug-likeness (QED) is 0.742. The first kappa shape index (κ1) is 20.8. The number of ether oxygens (including phenoxy) is 1. The Morgan fingerprint density at radius 3 is 2.29 bits per heavy atom. The summed E-state index contributed by atoms with van der Waals surface area (Å²) in [5.74, 6) is 3.04. The summed E-state index contributed by atoms with van der Waals surface area (Å²) in [5.41, 5.74) is 0.448. The van der Waals surface area contributed by atoms with Crippen LogP contribution < -0.4 is 10.1 Å². The average molecular weight is 430 g/mol. The minimum atomic E-state index is -0.0668. The van der Waals surface area contributed by atoms with Crippen molar-refractivity contribution in [1.29, 1.82) is 0 Å². The topological polar surface area (TPSA) is 79.7 Å². The first-order valence-corrected chi connectivity index (χ1v) is 11.8. The molecule has 1 saturated heterocycles. The van der Waals surface area contributed by atoms with Crippen LogP contribution in [0.5, 0.6) is 5.88 Å². The van der Waals surface area contributed by atoms with Gasteiger partial charge in [-0.15, -0.1) is 5.10 Å². The molecule has 1 N–H and O–H groups in total. The molecule has 8 nitrogen and oxygen atoms in total. The molecule has 0 aromatic carbocycles. The maximum atomic E-state index is 13.1. The van der Waals surface area contributed by atoms with Gasteiger partial charge in [0.25, 0.3) is 5.91 Å². The summed E-state index contributed by atoms with van der Waals surface area (Å²) in [6.45, 7) is 4.55. The highest BCUT2D eigenvalue weighted by Crippen LogP contribution is 2.60. The van der Waals surface area contributed by atoms with E-state index in [0.29, 0.717) is 37.0 Å². The highest BCUT2D eigenvalue weighted by atomic mass is 16.5. The van der Waals surface area contributed by atoms with Crippen molar-refractivity contribution >= 4 is 11.8 Å². The largest absolute Gasteiger partial charge is 0.479 e. The number of methoxy groups -OCH3 is 1. The third kappa shape index (κ3) is 3.95. The molecule has 8 heteroatoms. The molecule has 0 radical (unpaired) electrons. The molecule has 5 aliphatic rings. The lowest BCUT2D eigenvalue weighted by atomic mass is 9.49. The molecular weight excluding hydrogens is 394 g/mol. The Hall–Kier alpha value is -2.09. The zero-order valence-corrected chi connectivity index (χ0v) is 18.8. The predicted molar refractivity (Wildman–Crippen MR) is 116 cm³/mol. The molecule has 31 heavy (non-hydrogen) atoms. The van der Waals surface area contributed by atoms with Crippen LogP contribution in [-0.4, -0.2) is 77.8 Å². The van der Waals surface area contributed by atoms with Crippen molar-refractivity contribution in [2.75, 3.05) is 46.4 Å². The minimum absolute atomic E-state index is 0.0280. The van der Waals surface area contributed by atoms with Crippen LogP contribution in [0.2, 0.25) is 0 Å². The van der Waals surface area contributed by atoms with Gasteiger partial charge in [-0.1, -0.05) is 0 Å². The summed E-state index contributed by atoms with van der Waals surface area (Å²) in [6, 6.07) is 0. The number of piperazine rings is 1. The lowest BCUT2D eigenvalue weighted by molar-refractivity contribution is -0.146. The molecule has 6 rings (SSSR count). The van der Waals surface area contributed by atoms with Gasteiger partial charge in [-0.05, 0) is 56.3 Å². The van der Waals surface area contributed by atoms with Gasteiger partial charge in [-0.3, -0.25) is 19.2 Å². The van der Waals surface area contributed by atoms with Gasteiger partial charge in [0.2, 0.25) is 11.8 Å². The number of nitrogens with zero attached hydrogens (tertiary/aromatic N) is 4. The highest BCUT2D eigenvalue weighted by Gasteiger charge is 2.54. The van der Waals surface area contributed by atoms with Gasteiger partial charge in [-0.25, -0.2) is 0 Å². The molecular formula is C23H35N5O3. The molecule has 5 fully saturated rings. The molecule has 4 bridgehead atoms. The number of amides is 2.